The average molecular weight is 375 g/mol. The highest BCUT2D eigenvalue weighted by atomic mass is 32.2. The number of fused-ring (bicyclic) bond motifs is 1. The molecule has 2 aromatic heterocycles. The number of carbonyl (C=O) groups is 1. The molecule has 0 aliphatic rings. The molecule has 0 atom stereocenters. The second-order valence-corrected chi connectivity index (χ2v) is 8.84. The van der Waals surface area contributed by atoms with E-state index in [1.807, 2.05) is 6.92 Å². The van der Waals surface area contributed by atoms with Crippen molar-refractivity contribution >= 4 is 42.9 Å². The van der Waals surface area contributed by atoms with Crippen LogP contribution in [0.25, 0.3) is 10.1 Å². The molecule has 1 aromatic carbocycles. The molecule has 3 aromatic rings. The van der Waals surface area contributed by atoms with Crippen LogP contribution >= 0.6 is 11.3 Å². The van der Waals surface area contributed by atoms with E-state index in [0.717, 1.165) is 27.5 Å². The highest BCUT2D eigenvalue weighted by Gasteiger charge is 2.17. The van der Waals surface area contributed by atoms with Gasteiger partial charge in [0.2, 0.25) is 0 Å². The number of pyridine rings is 1. The summed E-state index contributed by atoms with van der Waals surface area (Å²) in [5.74, 6) is -0.259. The van der Waals surface area contributed by atoms with Gasteiger partial charge in [-0.1, -0.05) is 12.1 Å². The molecule has 3 rings (SSSR count). The first-order chi connectivity index (χ1) is 11.8. The van der Waals surface area contributed by atoms with Crippen LogP contribution in [0, 0.1) is 6.92 Å². The predicted molar refractivity (Wildman–Crippen MR) is 99.5 cm³/mol. The lowest BCUT2D eigenvalue weighted by atomic mass is 10.1. The lowest BCUT2D eigenvalue weighted by Gasteiger charge is -2.06. The molecule has 0 unspecified atom stereocenters. The number of aryl methyl sites for hydroxylation is 1. The highest BCUT2D eigenvalue weighted by molar-refractivity contribution is 7.90. The maximum Gasteiger partial charge on any atom is 0.263 e. The minimum Gasteiger partial charge on any atom is -0.397 e. The summed E-state index contributed by atoms with van der Waals surface area (Å²) >= 11 is 1.31. The number of amides is 1. The number of rotatable bonds is 4. The van der Waals surface area contributed by atoms with Crippen LogP contribution in [0.5, 0.6) is 0 Å². The van der Waals surface area contributed by atoms with E-state index in [9.17, 15) is 13.2 Å². The summed E-state index contributed by atoms with van der Waals surface area (Å²) < 4.78 is 23.8. The summed E-state index contributed by atoms with van der Waals surface area (Å²) in [5.41, 5.74) is 8.33. The molecule has 0 bridgehead atoms. The van der Waals surface area contributed by atoms with E-state index in [4.69, 9.17) is 5.73 Å². The molecule has 0 aliphatic carbocycles. The highest BCUT2D eigenvalue weighted by Crippen LogP contribution is 2.34. The maximum atomic E-state index is 12.4. The number of hydrogen-bond donors (Lipinski definition) is 2. The van der Waals surface area contributed by atoms with Gasteiger partial charge in [0.15, 0.2) is 9.84 Å². The lowest BCUT2D eigenvalue weighted by Crippen LogP contribution is -2.22. The Morgan fingerprint density at radius 1 is 1.24 bits per heavy atom. The second kappa shape index (κ2) is 6.45. The van der Waals surface area contributed by atoms with Crippen LogP contribution in [0.4, 0.5) is 5.69 Å². The third kappa shape index (κ3) is 3.49. The summed E-state index contributed by atoms with van der Waals surface area (Å²) in [5, 5.41) is 3.68. The number of benzene rings is 1. The molecule has 1 amide bonds. The van der Waals surface area contributed by atoms with Crippen LogP contribution in [0.15, 0.2) is 41.6 Å². The fourth-order valence-corrected chi connectivity index (χ4v) is 4.24. The van der Waals surface area contributed by atoms with Crippen molar-refractivity contribution in [3.05, 3.63) is 52.7 Å². The number of nitrogens with two attached hydrogens (primary N) is 1. The fraction of sp³-hybridized carbons (Fsp3) is 0.176. The Kier molecular flexibility index (Phi) is 4.49. The van der Waals surface area contributed by atoms with Crippen LogP contribution in [-0.2, 0) is 16.4 Å². The van der Waals surface area contributed by atoms with Crippen LogP contribution < -0.4 is 11.1 Å². The topological polar surface area (TPSA) is 102 Å². The Morgan fingerprint density at radius 3 is 2.52 bits per heavy atom. The van der Waals surface area contributed by atoms with Gasteiger partial charge in [-0.2, -0.15) is 0 Å². The van der Waals surface area contributed by atoms with Crippen LogP contribution in [0.2, 0.25) is 0 Å². The van der Waals surface area contributed by atoms with Crippen molar-refractivity contribution < 1.29 is 13.2 Å². The van der Waals surface area contributed by atoms with Crippen molar-refractivity contribution in [3.63, 3.8) is 0 Å². The first kappa shape index (κ1) is 17.4. The number of nitrogens with one attached hydrogen (secondary N) is 1. The monoisotopic (exact) mass is 375 g/mol. The third-order valence-electron chi connectivity index (χ3n) is 3.84. The van der Waals surface area contributed by atoms with Gasteiger partial charge in [-0.25, -0.2) is 8.42 Å². The molecule has 0 radical (unpaired) electrons. The van der Waals surface area contributed by atoms with Crippen LogP contribution in [-0.4, -0.2) is 25.6 Å². The Hall–Kier alpha value is -2.45. The van der Waals surface area contributed by atoms with Crippen LogP contribution in [0.3, 0.4) is 0 Å². The summed E-state index contributed by atoms with van der Waals surface area (Å²) in [6.45, 7) is 2.19. The smallest absolute Gasteiger partial charge is 0.263 e. The Balaban J connectivity index is 1.77. The Labute approximate surface area is 149 Å². The maximum absolute atomic E-state index is 12.4. The van der Waals surface area contributed by atoms with E-state index in [2.05, 4.69) is 10.3 Å². The minimum atomic E-state index is -3.23. The third-order valence-corrected chi connectivity index (χ3v) is 6.10. The fourth-order valence-electron chi connectivity index (χ4n) is 2.53. The molecule has 0 saturated heterocycles. The van der Waals surface area contributed by atoms with Crippen LogP contribution in [0.1, 0.15) is 20.8 Å². The van der Waals surface area contributed by atoms with Gasteiger partial charge in [0.25, 0.3) is 5.91 Å². The molecule has 0 fully saturated rings. The zero-order valence-corrected chi connectivity index (χ0v) is 15.4. The zero-order valence-electron chi connectivity index (χ0n) is 13.7. The molecule has 0 spiro atoms. The number of aromatic nitrogens is 1. The number of anilines is 1. The number of nitrogens with zero attached hydrogens (tertiary/aromatic N) is 1. The van der Waals surface area contributed by atoms with Gasteiger partial charge in [0.05, 0.1) is 15.3 Å². The van der Waals surface area contributed by atoms with Crippen molar-refractivity contribution in [2.75, 3.05) is 12.0 Å². The normalized spacial score (nSPS) is 11.6. The molecule has 0 saturated carbocycles. The standard InChI is InChI=1S/C17H17N3O3S2/c1-10-7-19-9-13-14(10)15(18)16(24-13)17(21)20-8-11-3-5-12(6-4-11)25(2,22)23/h3-7,9H,8,18H2,1-2H3,(H,20,21). The van der Waals surface area contributed by atoms with Crippen molar-refractivity contribution in [3.8, 4) is 0 Å². The molecule has 8 heteroatoms. The first-order valence-corrected chi connectivity index (χ1v) is 10.2. The van der Waals surface area contributed by atoms with Crippen molar-refractivity contribution in [2.45, 2.75) is 18.4 Å². The quantitative estimate of drug-likeness (QED) is 0.729. The predicted octanol–water partition coefficient (Wildman–Crippen LogP) is 2.52. The van der Waals surface area contributed by atoms with E-state index in [1.54, 1.807) is 24.5 Å². The summed E-state index contributed by atoms with van der Waals surface area (Å²) in [6, 6.07) is 6.41. The minimum absolute atomic E-state index is 0.249. The van der Waals surface area contributed by atoms with E-state index < -0.39 is 9.84 Å². The SMILES string of the molecule is Cc1cncc2sc(C(=O)NCc3ccc(S(C)(=O)=O)cc3)c(N)c12. The Morgan fingerprint density at radius 2 is 1.92 bits per heavy atom. The van der Waals surface area contributed by atoms with Gasteiger partial charge >= 0.3 is 0 Å². The summed E-state index contributed by atoms with van der Waals surface area (Å²) in [6.07, 6.45) is 4.57. The molecular weight excluding hydrogens is 358 g/mol. The molecule has 25 heavy (non-hydrogen) atoms. The number of thiophene rings is 1. The van der Waals surface area contributed by atoms with Crippen molar-refractivity contribution in [1.29, 1.82) is 0 Å². The molecule has 3 N–H and O–H groups in total. The van der Waals surface area contributed by atoms with E-state index in [0.29, 0.717) is 10.6 Å². The van der Waals surface area contributed by atoms with Gasteiger partial charge in [-0.15, -0.1) is 11.3 Å². The van der Waals surface area contributed by atoms with Gasteiger partial charge in [0.1, 0.15) is 4.88 Å². The first-order valence-electron chi connectivity index (χ1n) is 7.47. The van der Waals surface area contributed by atoms with Crippen molar-refractivity contribution in [2.24, 2.45) is 0 Å². The molecule has 130 valence electrons. The summed E-state index contributed by atoms with van der Waals surface area (Å²) in [7, 11) is -3.23. The molecular formula is C17H17N3O3S2. The van der Waals surface area contributed by atoms with Gasteiger partial charge in [-0.05, 0) is 30.2 Å². The zero-order chi connectivity index (χ0) is 18.2. The average Bonchev–Trinajstić information content (AvgIpc) is 2.90. The largest absolute Gasteiger partial charge is 0.397 e. The van der Waals surface area contributed by atoms with Crippen molar-refractivity contribution in [1.82, 2.24) is 10.3 Å². The number of nitrogen functional groups attached to an aromatic ring is 1. The molecule has 6 nitrogen and oxygen atoms in total. The van der Waals surface area contributed by atoms with Gasteiger partial charge in [-0.3, -0.25) is 9.78 Å². The molecule has 2 heterocycles. The van der Waals surface area contributed by atoms with E-state index in [-0.39, 0.29) is 17.3 Å². The number of carbonyl (C=O) groups excluding carboxylic acids is 1. The second-order valence-electron chi connectivity index (χ2n) is 5.77. The Bertz CT molecular complexity index is 1050. The molecule has 0 aliphatic heterocycles. The summed E-state index contributed by atoms with van der Waals surface area (Å²) in [4.78, 5) is 17.3. The van der Waals surface area contributed by atoms with Gasteiger partial charge < -0.3 is 11.1 Å². The number of sulfone groups is 1. The number of hydrogen-bond acceptors (Lipinski definition) is 6. The van der Waals surface area contributed by atoms with E-state index >= 15 is 0 Å². The van der Waals surface area contributed by atoms with E-state index in [1.165, 1.54) is 23.5 Å². The lowest BCUT2D eigenvalue weighted by molar-refractivity contribution is 0.0956. The van der Waals surface area contributed by atoms with Gasteiger partial charge in [0, 0.05) is 30.6 Å².